The molecule has 1 atom stereocenters. The van der Waals surface area contributed by atoms with Gasteiger partial charge in [0, 0.05) is 42.2 Å². The van der Waals surface area contributed by atoms with Crippen LogP contribution in [0.2, 0.25) is 0 Å². The summed E-state index contributed by atoms with van der Waals surface area (Å²) in [7, 11) is 2.07. The van der Waals surface area contributed by atoms with E-state index >= 15 is 0 Å². The smallest absolute Gasteiger partial charge is 0.0441 e. The number of nitrogens with two attached hydrogens (primary N) is 1. The van der Waals surface area contributed by atoms with Gasteiger partial charge in [0.15, 0.2) is 0 Å². The third kappa shape index (κ3) is 3.55. The van der Waals surface area contributed by atoms with Crippen molar-refractivity contribution in [3.05, 3.63) is 58.3 Å². The second kappa shape index (κ2) is 6.17. The van der Waals surface area contributed by atoms with Crippen LogP contribution in [0.1, 0.15) is 24.1 Å². The minimum absolute atomic E-state index is 0.0343. The minimum atomic E-state index is 0.0343. The van der Waals surface area contributed by atoms with E-state index in [0.717, 1.165) is 22.3 Å². The number of anilines is 1. The number of aromatic nitrogens is 1. The van der Waals surface area contributed by atoms with Crippen molar-refractivity contribution in [2.45, 2.75) is 19.5 Å². The number of hydrogen-bond donors (Lipinski definition) is 1. The van der Waals surface area contributed by atoms with E-state index in [1.807, 2.05) is 19.2 Å². The van der Waals surface area contributed by atoms with Gasteiger partial charge in [0.1, 0.15) is 0 Å². The van der Waals surface area contributed by atoms with Gasteiger partial charge in [0.05, 0.1) is 0 Å². The van der Waals surface area contributed by atoms with Crippen LogP contribution in [0.3, 0.4) is 0 Å². The molecule has 0 amide bonds. The standard InChI is InChI=1S/C15H18BrN3/c1-11(17)14-6-5-13(8-15(14)16)19(2)10-12-4-3-7-18-9-12/h3-9,11H,10,17H2,1-2H3. The maximum atomic E-state index is 5.91. The van der Waals surface area contributed by atoms with Crippen LogP contribution in [0.15, 0.2) is 47.2 Å². The molecule has 2 N–H and O–H groups in total. The Morgan fingerprint density at radius 1 is 1.37 bits per heavy atom. The maximum absolute atomic E-state index is 5.91. The Labute approximate surface area is 122 Å². The van der Waals surface area contributed by atoms with E-state index in [0.29, 0.717) is 0 Å². The molecule has 0 saturated carbocycles. The summed E-state index contributed by atoms with van der Waals surface area (Å²) in [5, 5.41) is 0. The first kappa shape index (κ1) is 14.0. The van der Waals surface area contributed by atoms with Gasteiger partial charge in [-0.25, -0.2) is 0 Å². The van der Waals surface area contributed by atoms with E-state index in [1.165, 1.54) is 5.56 Å². The summed E-state index contributed by atoms with van der Waals surface area (Å²) in [6.07, 6.45) is 3.68. The fourth-order valence-electron chi connectivity index (χ4n) is 1.98. The van der Waals surface area contributed by atoms with E-state index in [9.17, 15) is 0 Å². The summed E-state index contributed by atoms with van der Waals surface area (Å²) in [6, 6.07) is 10.3. The summed E-state index contributed by atoms with van der Waals surface area (Å²) >= 11 is 3.58. The fourth-order valence-corrected chi connectivity index (χ4v) is 2.71. The largest absolute Gasteiger partial charge is 0.370 e. The molecule has 2 aromatic rings. The molecule has 0 aliphatic heterocycles. The van der Waals surface area contributed by atoms with Gasteiger partial charge in [-0.15, -0.1) is 0 Å². The number of halogens is 1. The molecule has 0 aliphatic rings. The maximum Gasteiger partial charge on any atom is 0.0441 e. The van der Waals surface area contributed by atoms with Crippen molar-refractivity contribution in [1.82, 2.24) is 4.98 Å². The molecule has 0 saturated heterocycles. The average molecular weight is 320 g/mol. The lowest BCUT2D eigenvalue weighted by molar-refractivity contribution is 0.811. The van der Waals surface area contributed by atoms with Gasteiger partial charge in [0.2, 0.25) is 0 Å². The summed E-state index contributed by atoms with van der Waals surface area (Å²) in [5.41, 5.74) is 9.38. The zero-order chi connectivity index (χ0) is 13.8. The molecule has 1 aromatic carbocycles. The Hall–Kier alpha value is -1.39. The highest BCUT2D eigenvalue weighted by Gasteiger charge is 2.08. The molecule has 1 aromatic heterocycles. The van der Waals surface area contributed by atoms with E-state index in [-0.39, 0.29) is 6.04 Å². The molecular weight excluding hydrogens is 302 g/mol. The molecule has 0 fully saturated rings. The van der Waals surface area contributed by atoms with Crippen LogP contribution in [0.4, 0.5) is 5.69 Å². The Bertz CT molecular complexity index is 540. The molecule has 1 unspecified atom stereocenters. The molecule has 1 heterocycles. The van der Waals surface area contributed by atoms with Gasteiger partial charge < -0.3 is 10.6 Å². The Balaban J connectivity index is 2.16. The molecule has 100 valence electrons. The molecular formula is C15H18BrN3. The fraction of sp³-hybridized carbons (Fsp3) is 0.267. The zero-order valence-corrected chi connectivity index (χ0v) is 12.8. The second-order valence-corrected chi connectivity index (χ2v) is 5.57. The van der Waals surface area contributed by atoms with Crippen LogP contribution in [-0.4, -0.2) is 12.0 Å². The molecule has 0 bridgehead atoms. The lowest BCUT2D eigenvalue weighted by Crippen LogP contribution is -2.17. The minimum Gasteiger partial charge on any atom is -0.370 e. The molecule has 19 heavy (non-hydrogen) atoms. The first-order chi connectivity index (χ1) is 9.08. The summed E-state index contributed by atoms with van der Waals surface area (Å²) in [4.78, 5) is 6.32. The highest BCUT2D eigenvalue weighted by atomic mass is 79.9. The van der Waals surface area contributed by atoms with Crippen molar-refractivity contribution in [3.8, 4) is 0 Å². The number of pyridine rings is 1. The van der Waals surface area contributed by atoms with Crippen molar-refractivity contribution in [2.24, 2.45) is 5.73 Å². The quantitative estimate of drug-likeness (QED) is 0.937. The Morgan fingerprint density at radius 3 is 2.74 bits per heavy atom. The third-order valence-corrected chi connectivity index (χ3v) is 3.74. The van der Waals surface area contributed by atoms with Crippen molar-refractivity contribution < 1.29 is 0 Å². The molecule has 2 rings (SSSR count). The molecule has 0 radical (unpaired) electrons. The topological polar surface area (TPSA) is 42.1 Å². The monoisotopic (exact) mass is 319 g/mol. The van der Waals surface area contributed by atoms with Crippen LogP contribution in [0.25, 0.3) is 0 Å². The summed E-state index contributed by atoms with van der Waals surface area (Å²) in [5.74, 6) is 0. The van der Waals surface area contributed by atoms with Crippen LogP contribution in [0.5, 0.6) is 0 Å². The van der Waals surface area contributed by atoms with Gasteiger partial charge in [-0.2, -0.15) is 0 Å². The van der Waals surface area contributed by atoms with E-state index < -0.39 is 0 Å². The van der Waals surface area contributed by atoms with Crippen molar-refractivity contribution in [2.75, 3.05) is 11.9 Å². The van der Waals surface area contributed by atoms with Crippen LogP contribution in [0, 0.1) is 0 Å². The lowest BCUT2D eigenvalue weighted by Gasteiger charge is -2.21. The number of rotatable bonds is 4. The first-order valence-electron chi connectivity index (χ1n) is 6.23. The predicted octanol–water partition coefficient (Wildman–Crippen LogP) is 3.50. The Morgan fingerprint density at radius 2 is 2.16 bits per heavy atom. The normalized spacial score (nSPS) is 12.2. The SMILES string of the molecule is CC(N)c1ccc(N(C)Cc2cccnc2)cc1Br. The van der Waals surface area contributed by atoms with Crippen LogP contribution in [-0.2, 0) is 6.54 Å². The van der Waals surface area contributed by atoms with Gasteiger partial charge in [-0.05, 0) is 36.2 Å². The Kier molecular flexibility index (Phi) is 4.56. The van der Waals surface area contributed by atoms with Crippen LogP contribution < -0.4 is 10.6 Å². The summed E-state index contributed by atoms with van der Waals surface area (Å²) in [6.45, 7) is 2.82. The second-order valence-electron chi connectivity index (χ2n) is 4.71. The average Bonchev–Trinajstić information content (AvgIpc) is 2.39. The van der Waals surface area contributed by atoms with E-state index in [2.05, 4.69) is 57.1 Å². The van der Waals surface area contributed by atoms with E-state index in [4.69, 9.17) is 5.73 Å². The van der Waals surface area contributed by atoms with Gasteiger partial charge in [0.25, 0.3) is 0 Å². The first-order valence-corrected chi connectivity index (χ1v) is 7.02. The number of benzene rings is 1. The number of hydrogen-bond acceptors (Lipinski definition) is 3. The molecule has 0 spiro atoms. The highest BCUT2D eigenvalue weighted by Crippen LogP contribution is 2.27. The van der Waals surface area contributed by atoms with Crippen molar-refractivity contribution >= 4 is 21.6 Å². The van der Waals surface area contributed by atoms with Gasteiger partial charge >= 0.3 is 0 Å². The molecule has 4 heteroatoms. The van der Waals surface area contributed by atoms with Gasteiger partial charge in [-0.3, -0.25) is 4.98 Å². The third-order valence-electron chi connectivity index (χ3n) is 3.06. The van der Waals surface area contributed by atoms with Crippen LogP contribution >= 0.6 is 15.9 Å². The number of nitrogens with zero attached hydrogens (tertiary/aromatic N) is 2. The van der Waals surface area contributed by atoms with E-state index in [1.54, 1.807) is 6.20 Å². The zero-order valence-electron chi connectivity index (χ0n) is 11.2. The summed E-state index contributed by atoms with van der Waals surface area (Å²) < 4.78 is 1.05. The predicted molar refractivity (Wildman–Crippen MR) is 83.1 cm³/mol. The van der Waals surface area contributed by atoms with Gasteiger partial charge in [-0.1, -0.05) is 28.1 Å². The van der Waals surface area contributed by atoms with Crippen molar-refractivity contribution in [1.29, 1.82) is 0 Å². The van der Waals surface area contributed by atoms with Crippen molar-refractivity contribution in [3.63, 3.8) is 0 Å². The molecule has 0 aliphatic carbocycles. The highest BCUT2D eigenvalue weighted by molar-refractivity contribution is 9.10. The molecule has 3 nitrogen and oxygen atoms in total. The lowest BCUT2D eigenvalue weighted by atomic mass is 10.1.